The van der Waals surface area contributed by atoms with Crippen molar-refractivity contribution in [1.29, 1.82) is 0 Å². The number of nitrogens with zero attached hydrogens (tertiary/aromatic N) is 3. The molecule has 5 rings (SSSR count). The van der Waals surface area contributed by atoms with Crippen molar-refractivity contribution in [2.75, 3.05) is 43.4 Å². The predicted molar refractivity (Wildman–Crippen MR) is 147 cm³/mol. The van der Waals surface area contributed by atoms with Crippen LogP contribution in [-0.4, -0.2) is 60.4 Å². The first-order chi connectivity index (χ1) is 18.6. The molecule has 4 aromatic rings. The number of aromatic amines is 1. The van der Waals surface area contributed by atoms with E-state index in [4.69, 9.17) is 0 Å². The Kier molecular flexibility index (Phi) is 7.05. The molecule has 202 valence electrons. The van der Waals surface area contributed by atoms with Crippen molar-refractivity contribution < 1.29 is 22.7 Å². The van der Waals surface area contributed by atoms with Gasteiger partial charge in [0.2, 0.25) is 5.91 Å². The number of anilines is 2. The number of carbonyl (C=O) groups excluding carboxylic acids is 1. The third kappa shape index (κ3) is 5.75. The SMILES string of the molecule is C=CC(=O)Nc1cc(-c2c(-c3ccc(N4CCN(C)CC4)cc3)[nH]c3ncc(OC(F)(F)F)cc23)ccc1C. The van der Waals surface area contributed by atoms with Gasteiger partial charge in [-0.05, 0) is 61.0 Å². The van der Waals surface area contributed by atoms with Gasteiger partial charge in [0.15, 0.2) is 0 Å². The molecule has 39 heavy (non-hydrogen) atoms. The summed E-state index contributed by atoms with van der Waals surface area (Å²) in [6.45, 7) is 9.19. The smallest absolute Gasteiger partial charge is 0.404 e. The van der Waals surface area contributed by atoms with E-state index in [2.05, 4.69) is 43.4 Å². The lowest BCUT2D eigenvalue weighted by atomic mass is 9.97. The zero-order valence-corrected chi connectivity index (χ0v) is 21.6. The summed E-state index contributed by atoms with van der Waals surface area (Å²) in [7, 11) is 2.11. The van der Waals surface area contributed by atoms with Crippen LogP contribution in [0.15, 0.2) is 67.4 Å². The average molecular weight is 536 g/mol. The number of alkyl halides is 3. The van der Waals surface area contributed by atoms with Gasteiger partial charge in [-0.2, -0.15) is 0 Å². The molecule has 2 aromatic carbocycles. The molecule has 0 spiro atoms. The van der Waals surface area contributed by atoms with Crippen LogP contribution in [0.3, 0.4) is 0 Å². The minimum Gasteiger partial charge on any atom is -0.404 e. The predicted octanol–water partition coefficient (Wildman–Crippen LogP) is 5.98. The number of nitrogens with one attached hydrogen (secondary N) is 2. The number of fused-ring (bicyclic) bond motifs is 1. The van der Waals surface area contributed by atoms with Crippen LogP contribution in [0.5, 0.6) is 5.75 Å². The highest BCUT2D eigenvalue weighted by atomic mass is 19.4. The lowest BCUT2D eigenvalue weighted by molar-refractivity contribution is -0.274. The number of amides is 1. The fourth-order valence-corrected chi connectivity index (χ4v) is 4.76. The number of pyridine rings is 1. The quantitative estimate of drug-likeness (QED) is 0.297. The summed E-state index contributed by atoms with van der Waals surface area (Å²) in [6.07, 6.45) is -2.63. The third-order valence-corrected chi connectivity index (χ3v) is 6.85. The Morgan fingerprint density at radius 1 is 1.08 bits per heavy atom. The largest absolute Gasteiger partial charge is 0.573 e. The second kappa shape index (κ2) is 10.5. The molecular formula is C29H28F3N5O2. The van der Waals surface area contributed by atoms with Crippen LogP contribution in [0.2, 0.25) is 0 Å². The third-order valence-electron chi connectivity index (χ3n) is 6.85. The standard InChI is InChI=1S/C29H28F3N5O2/c1-4-25(38)34-24-15-20(6-5-18(24)2)26-23-16-22(39-29(30,31)32)17-33-28(23)35-27(26)19-7-9-21(10-8-19)37-13-11-36(3)12-14-37/h4-10,15-17H,1,11-14H2,2-3H3,(H,33,35)(H,34,38). The number of halogens is 3. The van der Waals surface area contributed by atoms with Gasteiger partial charge in [-0.1, -0.05) is 30.8 Å². The van der Waals surface area contributed by atoms with Crippen LogP contribution in [0.25, 0.3) is 33.4 Å². The number of carbonyl (C=O) groups is 1. The molecule has 1 amide bonds. The first-order valence-corrected chi connectivity index (χ1v) is 12.5. The summed E-state index contributed by atoms with van der Waals surface area (Å²) in [4.78, 5) is 24.1. The molecule has 0 atom stereocenters. The minimum atomic E-state index is -4.85. The van der Waals surface area contributed by atoms with Crippen molar-refractivity contribution >= 4 is 28.3 Å². The monoisotopic (exact) mass is 535 g/mol. The summed E-state index contributed by atoms with van der Waals surface area (Å²) in [5, 5.41) is 3.25. The molecule has 1 saturated heterocycles. The molecule has 1 aliphatic heterocycles. The van der Waals surface area contributed by atoms with E-state index in [0.29, 0.717) is 33.5 Å². The fourth-order valence-electron chi connectivity index (χ4n) is 4.76. The molecule has 0 aliphatic carbocycles. The van der Waals surface area contributed by atoms with Gasteiger partial charge in [0.05, 0.1) is 11.9 Å². The molecule has 2 aromatic heterocycles. The summed E-state index contributed by atoms with van der Waals surface area (Å²) in [5.74, 6) is -0.782. The molecule has 7 nitrogen and oxygen atoms in total. The van der Waals surface area contributed by atoms with Gasteiger partial charge < -0.3 is 24.8 Å². The maximum Gasteiger partial charge on any atom is 0.573 e. The van der Waals surface area contributed by atoms with E-state index in [0.717, 1.165) is 49.2 Å². The van der Waals surface area contributed by atoms with E-state index in [1.807, 2.05) is 43.3 Å². The first-order valence-electron chi connectivity index (χ1n) is 12.5. The summed E-state index contributed by atoms with van der Waals surface area (Å²) < 4.78 is 43.1. The highest BCUT2D eigenvalue weighted by molar-refractivity contribution is 6.04. The van der Waals surface area contributed by atoms with Crippen LogP contribution in [0.1, 0.15) is 5.56 Å². The van der Waals surface area contributed by atoms with Gasteiger partial charge in [0, 0.05) is 48.5 Å². The zero-order valence-electron chi connectivity index (χ0n) is 21.6. The Morgan fingerprint density at radius 3 is 2.44 bits per heavy atom. The van der Waals surface area contributed by atoms with Crippen LogP contribution >= 0.6 is 0 Å². The molecule has 1 fully saturated rings. The highest BCUT2D eigenvalue weighted by Crippen LogP contribution is 2.41. The molecule has 0 unspecified atom stereocenters. The van der Waals surface area contributed by atoms with E-state index in [-0.39, 0.29) is 5.91 Å². The minimum absolute atomic E-state index is 0.364. The Balaban J connectivity index is 1.62. The number of benzene rings is 2. The molecule has 0 radical (unpaired) electrons. The lowest BCUT2D eigenvalue weighted by Crippen LogP contribution is -2.44. The number of piperazine rings is 1. The first kappa shape index (κ1) is 26.3. The number of ether oxygens (including phenoxy) is 1. The number of hydrogen-bond acceptors (Lipinski definition) is 5. The lowest BCUT2D eigenvalue weighted by Gasteiger charge is -2.34. The van der Waals surface area contributed by atoms with Gasteiger partial charge in [-0.15, -0.1) is 13.2 Å². The average Bonchev–Trinajstić information content (AvgIpc) is 3.28. The second-order valence-corrected chi connectivity index (χ2v) is 9.55. The van der Waals surface area contributed by atoms with Crippen molar-refractivity contribution in [3.05, 3.63) is 72.9 Å². The van der Waals surface area contributed by atoms with Crippen LogP contribution < -0.4 is 15.0 Å². The van der Waals surface area contributed by atoms with Crippen LogP contribution in [-0.2, 0) is 4.79 Å². The molecule has 3 heterocycles. The summed E-state index contributed by atoms with van der Waals surface area (Å²) in [6, 6.07) is 14.9. The Hall–Kier alpha value is -4.31. The van der Waals surface area contributed by atoms with Gasteiger partial charge in [-0.25, -0.2) is 4.98 Å². The van der Waals surface area contributed by atoms with Crippen LogP contribution in [0.4, 0.5) is 24.5 Å². The normalized spacial score (nSPS) is 14.4. The Morgan fingerprint density at radius 2 is 1.77 bits per heavy atom. The fraction of sp³-hybridized carbons (Fsp3) is 0.241. The van der Waals surface area contributed by atoms with E-state index in [9.17, 15) is 18.0 Å². The highest BCUT2D eigenvalue weighted by Gasteiger charge is 2.31. The molecular weight excluding hydrogens is 507 g/mol. The van der Waals surface area contributed by atoms with Crippen LogP contribution in [0, 0.1) is 6.92 Å². The number of likely N-dealkylation sites (N-methyl/N-ethyl adjacent to an activating group) is 1. The van der Waals surface area contributed by atoms with Crippen molar-refractivity contribution in [1.82, 2.24) is 14.9 Å². The number of hydrogen-bond donors (Lipinski definition) is 2. The molecule has 2 N–H and O–H groups in total. The van der Waals surface area contributed by atoms with Crippen molar-refractivity contribution in [3.63, 3.8) is 0 Å². The van der Waals surface area contributed by atoms with Gasteiger partial charge in [0.25, 0.3) is 0 Å². The molecule has 0 saturated carbocycles. The maximum absolute atomic E-state index is 13.0. The maximum atomic E-state index is 13.0. The van der Waals surface area contributed by atoms with Gasteiger partial charge >= 0.3 is 6.36 Å². The van der Waals surface area contributed by atoms with Crippen molar-refractivity contribution in [3.8, 4) is 28.1 Å². The molecule has 0 bridgehead atoms. The van der Waals surface area contributed by atoms with Crippen molar-refractivity contribution in [2.24, 2.45) is 0 Å². The number of aromatic nitrogens is 2. The Bertz CT molecular complexity index is 1520. The number of H-pyrrole nitrogens is 1. The van der Waals surface area contributed by atoms with Gasteiger partial charge in [-0.3, -0.25) is 4.79 Å². The van der Waals surface area contributed by atoms with E-state index >= 15 is 0 Å². The number of aryl methyl sites for hydroxylation is 1. The zero-order chi connectivity index (χ0) is 27.7. The van der Waals surface area contributed by atoms with E-state index in [1.165, 1.54) is 12.1 Å². The van der Waals surface area contributed by atoms with E-state index in [1.54, 1.807) is 6.07 Å². The second-order valence-electron chi connectivity index (χ2n) is 9.55. The topological polar surface area (TPSA) is 73.5 Å². The molecule has 10 heteroatoms. The van der Waals surface area contributed by atoms with E-state index < -0.39 is 12.1 Å². The Labute approximate surface area is 223 Å². The summed E-state index contributed by atoms with van der Waals surface area (Å²) >= 11 is 0. The number of rotatable bonds is 6. The van der Waals surface area contributed by atoms with Crippen molar-refractivity contribution in [2.45, 2.75) is 13.3 Å². The summed E-state index contributed by atoms with van der Waals surface area (Å²) in [5.41, 5.74) is 5.78. The van der Waals surface area contributed by atoms with Gasteiger partial charge in [0.1, 0.15) is 11.4 Å². The molecule has 1 aliphatic rings.